The van der Waals surface area contributed by atoms with Crippen LogP contribution in [0.1, 0.15) is 124 Å². The molecule has 6 N–H and O–H groups in total. The third-order valence-corrected chi connectivity index (χ3v) is 7.83. The summed E-state index contributed by atoms with van der Waals surface area (Å²) in [6, 6.07) is 9.94. The monoisotopic (exact) mass is 610 g/mol. The summed E-state index contributed by atoms with van der Waals surface area (Å²) in [4.78, 5) is 50.4. The van der Waals surface area contributed by atoms with Crippen molar-refractivity contribution in [1.29, 1.82) is 0 Å². The van der Waals surface area contributed by atoms with Gasteiger partial charge in [-0.15, -0.1) is 0 Å². The van der Waals surface area contributed by atoms with Gasteiger partial charge in [0, 0.05) is 11.8 Å². The molecule has 10 heteroatoms. The molecule has 0 heterocycles. The van der Waals surface area contributed by atoms with E-state index in [-0.39, 0.29) is 46.3 Å². The number of aromatic hydroxyl groups is 2. The van der Waals surface area contributed by atoms with Crippen LogP contribution in [0.3, 0.4) is 0 Å². The van der Waals surface area contributed by atoms with E-state index in [2.05, 4.69) is 35.6 Å². The number of carbonyl (C=O) groups is 4. The van der Waals surface area contributed by atoms with Gasteiger partial charge >= 0.3 is 0 Å². The number of unbranched alkanes of at least 4 members (excludes halogenated alkanes) is 5. The van der Waals surface area contributed by atoms with Crippen LogP contribution < -0.4 is 21.7 Å². The fraction of sp³-hybridized carbons (Fsp3) is 0.529. The quantitative estimate of drug-likeness (QED) is 0.101. The summed E-state index contributed by atoms with van der Waals surface area (Å²) in [5.74, 6) is -2.50. The van der Waals surface area contributed by atoms with Crippen LogP contribution in [0.5, 0.6) is 11.5 Å². The number of phenolic OH excluding ortho intramolecular Hbond substituents is 2. The first kappa shape index (κ1) is 36.1. The predicted molar refractivity (Wildman–Crippen MR) is 171 cm³/mol. The molecule has 10 nitrogen and oxygen atoms in total. The average Bonchev–Trinajstić information content (AvgIpc) is 3.01. The van der Waals surface area contributed by atoms with Crippen LogP contribution in [0.4, 0.5) is 0 Å². The molecule has 0 aliphatic carbocycles. The van der Waals surface area contributed by atoms with E-state index >= 15 is 0 Å². The van der Waals surface area contributed by atoms with Crippen molar-refractivity contribution in [3.05, 3.63) is 58.7 Å². The average molecular weight is 611 g/mol. The lowest BCUT2D eigenvalue weighted by Crippen LogP contribution is -2.44. The van der Waals surface area contributed by atoms with Crippen LogP contribution in [-0.2, 0) is 22.4 Å². The first-order valence-electron chi connectivity index (χ1n) is 15.9. The molecule has 0 saturated carbocycles. The highest BCUT2D eigenvalue weighted by atomic mass is 16.3. The standard InChI is InChI=1S/C34H50N4O6/c1-5-7-17-25-19-13-21-27(39)29(25)33(43)37-35-31(41)23(3)15-11-9-10-12-16-24(4)32(42)36-38-34(44)30-26(18-8-6-2)20-14-22-28(30)40/h13-14,19-24,39-40H,5-12,15-18H2,1-4H3,(H,35,41)(H,36,42)(H,37,43)(H,38,44). The Bertz CT molecular complexity index is 1150. The van der Waals surface area contributed by atoms with E-state index in [0.29, 0.717) is 25.7 Å². The number of hydrazine groups is 2. The summed E-state index contributed by atoms with van der Waals surface area (Å²) >= 11 is 0. The molecule has 0 bridgehead atoms. The van der Waals surface area contributed by atoms with Crippen LogP contribution in [0, 0.1) is 11.8 Å². The van der Waals surface area contributed by atoms with Crippen LogP contribution in [0.2, 0.25) is 0 Å². The number of rotatable bonds is 17. The molecular weight excluding hydrogens is 560 g/mol. The first-order chi connectivity index (χ1) is 21.1. The van der Waals surface area contributed by atoms with Crippen molar-refractivity contribution in [3.63, 3.8) is 0 Å². The molecule has 0 fully saturated rings. The number of nitrogens with one attached hydrogen (secondary N) is 4. The number of aryl methyl sites for hydroxylation is 2. The Balaban J connectivity index is 1.66. The summed E-state index contributed by atoms with van der Waals surface area (Å²) < 4.78 is 0. The summed E-state index contributed by atoms with van der Waals surface area (Å²) in [5.41, 5.74) is 11.7. The molecule has 0 spiro atoms. The van der Waals surface area contributed by atoms with Crippen molar-refractivity contribution >= 4 is 23.6 Å². The highest BCUT2D eigenvalue weighted by Crippen LogP contribution is 2.24. The third-order valence-electron chi connectivity index (χ3n) is 7.83. The van der Waals surface area contributed by atoms with Crippen LogP contribution in [-0.4, -0.2) is 33.8 Å². The molecule has 2 rings (SSSR count). The van der Waals surface area contributed by atoms with Crippen LogP contribution in [0.25, 0.3) is 0 Å². The molecule has 0 aromatic heterocycles. The van der Waals surface area contributed by atoms with Crippen molar-refractivity contribution in [2.45, 2.75) is 105 Å². The number of carbonyl (C=O) groups excluding carboxylic acids is 4. The lowest BCUT2D eigenvalue weighted by molar-refractivity contribution is -0.126. The third kappa shape index (κ3) is 11.5. The van der Waals surface area contributed by atoms with Crippen LogP contribution in [0.15, 0.2) is 36.4 Å². The van der Waals surface area contributed by atoms with Crippen molar-refractivity contribution in [2.75, 3.05) is 0 Å². The van der Waals surface area contributed by atoms with Gasteiger partial charge in [-0.1, -0.05) is 90.5 Å². The first-order valence-corrected chi connectivity index (χ1v) is 15.9. The van der Waals surface area contributed by atoms with Crippen molar-refractivity contribution in [1.82, 2.24) is 21.7 Å². The Morgan fingerprint density at radius 2 is 0.977 bits per heavy atom. The molecule has 2 aromatic carbocycles. The summed E-state index contributed by atoms with van der Waals surface area (Å²) in [6.07, 6.45) is 9.74. The zero-order chi connectivity index (χ0) is 32.5. The smallest absolute Gasteiger partial charge is 0.273 e. The zero-order valence-electron chi connectivity index (χ0n) is 26.6. The number of benzene rings is 2. The number of amides is 4. The van der Waals surface area contributed by atoms with Gasteiger partial charge in [0.2, 0.25) is 11.8 Å². The lowest BCUT2D eigenvalue weighted by atomic mass is 9.99. The lowest BCUT2D eigenvalue weighted by Gasteiger charge is -2.16. The number of hydrogen-bond donors (Lipinski definition) is 6. The van der Waals surface area contributed by atoms with E-state index in [1.807, 2.05) is 12.1 Å². The van der Waals surface area contributed by atoms with Gasteiger partial charge in [0.1, 0.15) is 11.5 Å². The minimum absolute atomic E-state index is 0.112. The molecule has 44 heavy (non-hydrogen) atoms. The van der Waals surface area contributed by atoms with E-state index in [4.69, 9.17) is 0 Å². The maximum Gasteiger partial charge on any atom is 0.273 e. The molecular formula is C34H50N4O6. The Hall–Kier alpha value is -4.08. The molecule has 0 radical (unpaired) electrons. The fourth-order valence-corrected chi connectivity index (χ4v) is 4.97. The Labute approximate surface area is 261 Å². The van der Waals surface area contributed by atoms with Gasteiger partial charge < -0.3 is 10.2 Å². The van der Waals surface area contributed by atoms with Crippen LogP contribution >= 0.6 is 0 Å². The Morgan fingerprint density at radius 1 is 0.591 bits per heavy atom. The van der Waals surface area contributed by atoms with E-state index in [0.717, 1.165) is 62.5 Å². The minimum Gasteiger partial charge on any atom is -0.507 e. The van der Waals surface area contributed by atoms with Gasteiger partial charge in [-0.25, -0.2) is 0 Å². The highest BCUT2D eigenvalue weighted by Gasteiger charge is 2.20. The van der Waals surface area contributed by atoms with Crippen molar-refractivity contribution in [2.24, 2.45) is 11.8 Å². The van der Waals surface area contributed by atoms with Gasteiger partial charge in [0.15, 0.2) is 0 Å². The van der Waals surface area contributed by atoms with E-state index < -0.39 is 11.8 Å². The molecule has 0 aliphatic rings. The molecule has 242 valence electrons. The van der Waals surface area contributed by atoms with Gasteiger partial charge in [0.25, 0.3) is 11.8 Å². The number of phenols is 2. The zero-order valence-corrected chi connectivity index (χ0v) is 26.6. The maximum atomic E-state index is 12.7. The van der Waals surface area contributed by atoms with Gasteiger partial charge in [-0.2, -0.15) is 0 Å². The molecule has 0 saturated heterocycles. The second kappa shape index (κ2) is 19.2. The van der Waals surface area contributed by atoms with E-state index in [1.54, 1.807) is 26.0 Å². The highest BCUT2D eigenvalue weighted by molar-refractivity contribution is 6.00. The summed E-state index contributed by atoms with van der Waals surface area (Å²) in [5, 5.41) is 20.4. The molecule has 4 amide bonds. The molecule has 2 aromatic rings. The topological polar surface area (TPSA) is 157 Å². The summed E-state index contributed by atoms with van der Waals surface area (Å²) in [7, 11) is 0. The number of hydrogen-bond acceptors (Lipinski definition) is 6. The summed E-state index contributed by atoms with van der Waals surface area (Å²) in [6.45, 7) is 7.71. The SMILES string of the molecule is CCCCc1cccc(O)c1C(=O)NNC(=O)C(C)CCCCCCC(C)C(=O)NNC(=O)c1c(O)cccc1CCCC. The predicted octanol–water partition coefficient (Wildman–Crippen LogP) is 5.62. The van der Waals surface area contributed by atoms with Gasteiger partial charge in [0.05, 0.1) is 11.1 Å². The van der Waals surface area contributed by atoms with Crippen molar-refractivity contribution < 1.29 is 29.4 Å². The largest absolute Gasteiger partial charge is 0.507 e. The van der Waals surface area contributed by atoms with Gasteiger partial charge in [-0.3, -0.25) is 40.9 Å². The second-order valence-corrected chi connectivity index (χ2v) is 11.5. The maximum absolute atomic E-state index is 12.7. The van der Waals surface area contributed by atoms with Crippen molar-refractivity contribution in [3.8, 4) is 11.5 Å². The second-order valence-electron chi connectivity index (χ2n) is 11.5. The Kier molecular flexibility index (Phi) is 15.8. The van der Waals surface area contributed by atoms with E-state index in [9.17, 15) is 29.4 Å². The van der Waals surface area contributed by atoms with E-state index in [1.165, 1.54) is 12.1 Å². The van der Waals surface area contributed by atoms with Gasteiger partial charge in [-0.05, 0) is 61.8 Å². The normalized spacial score (nSPS) is 12.2. The molecule has 0 aliphatic heterocycles. The Morgan fingerprint density at radius 3 is 1.34 bits per heavy atom. The molecule has 2 unspecified atom stereocenters. The minimum atomic E-state index is -0.539. The fourth-order valence-electron chi connectivity index (χ4n) is 4.97. The molecule has 2 atom stereocenters.